The molecule has 3 N–H and O–H groups in total. The quantitative estimate of drug-likeness (QED) is 0.538. The maximum atomic E-state index is 12.0. The van der Waals surface area contributed by atoms with E-state index in [1.165, 1.54) is 0 Å². The van der Waals surface area contributed by atoms with Gasteiger partial charge in [0.25, 0.3) is 5.91 Å². The van der Waals surface area contributed by atoms with Gasteiger partial charge < -0.3 is 20.4 Å². The Morgan fingerprint density at radius 3 is 2.83 bits per heavy atom. The minimum absolute atomic E-state index is 0.151. The largest absolute Gasteiger partial charge is 0.382 e. The second-order valence-electron chi connectivity index (χ2n) is 6.94. The highest BCUT2D eigenvalue weighted by molar-refractivity contribution is 5.93. The SMILES string of the molecule is CCCc1nc2c(N)nc(C)c(C)c2n1CCOCCNC(=O)c1cccnc1. The highest BCUT2D eigenvalue weighted by atomic mass is 16.5. The van der Waals surface area contributed by atoms with E-state index in [0.717, 1.165) is 41.0 Å². The summed E-state index contributed by atoms with van der Waals surface area (Å²) in [5, 5.41) is 2.83. The van der Waals surface area contributed by atoms with Crippen molar-refractivity contribution in [2.24, 2.45) is 0 Å². The molecular formula is C21H28N6O2. The zero-order valence-corrected chi connectivity index (χ0v) is 17.2. The predicted molar refractivity (Wildman–Crippen MR) is 113 cm³/mol. The molecule has 3 aromatic rings. The number of amides is 1. The summed E-state index contributed by atoms with van der Waals surface area (Å²) in [6.07, 6.45) is 5.05. The second-order valence-corrected chi connectivity index (χ2v) is 6.94. The lowest BCUT2D eigenvalue weighted by Gasteiger charge is -2.12. The van der Waals surface area contributed by atoms with Gasteiger partial charge in [0.05, 0.1) is 24.3 Å². The van der Waals surface area contributed by atoms with E-state index in [-0.39, 0.29) is 5.91 Å². The van der Waals surface area contributed by atoms with Gasteiger partial charge in [0.2, 0.25) is 0 Å². The van der Waals surface area contributed by atoms with Gasteiger partial charge in [-0.1, -0.05) is 6.92 Å². The molecule has 3 rings (SSSR count). The van der Waals surface area contributed by atoms with Gasteiger partial charge in [-0.15, -0.1) is 0 Å². The molecule has 0 aliphatic carbocycles. The third-order valence-corrected chi connectivity index (χ3v) is 4.86. The fourth-order valence-corrected chi connectivity index (χ4v) is 3.30. The fourth-order valence-electron chi connectivity index (χ4n) is 3.30. The molecule has 0 fully saturated rings. The van der Waals surface area contributed by atoms with Crippen molar-refractivity contribution in [3.63, 3.8) is 0 Å². The van der Waals surface area contributed by atoms with Crippen LogP contribution in [0.25, 0.3) is 11.0 Å². The Morgan fingerprint density at radius 1 is 1.28 bits per heavy atom. The minimum atomic E-state index is -0.151. The summed E-state index contributed by atoms with van der Waals surface area (Å²) in [5.41, 5.74) is 10.5. The van der Waals surface area contributed by atoms with Crippen molar-refractivity contribution < 1.29 is 9.53 Å². The molecule has 8 heteroatoms. The number of pyridine rings is 2. The Kier molecular flexibility index (Phi) is 6.77. The maximum Gasteiger partial charge on any atom is 0.252 e. The van der Waals surface area contributed by atoms with E-state index >= 15 is 0 Å². The first-order valence-electron chi connectivity index (χ1n) is 9.90. The predicted octanol–water partition coefficient (Wildman–Crippen LogP) is 2.42. The standard InChI is InChI=1S/C21H28N6O2/c1-4-6-17-26-18-19(14(2)15(3)25-20(18)22)27(17)10-12-29-11-9-24-21(28)16-7-5-8-23-13-16/h5,7-8,13H,4,6,9-12H2,1-3H3,(H2,22,25)(H,24,28). The normalized spacial score (nSPS) is 11.1. The van der Waals surface area contributed by atoms with Crippen molar-refractivity contribution in [1.29, 1.82) is 0 Å². The number of aryl methyl sites for hydroxylation is 3. The van der Waals surface area contributed by atoms with Crippen LogP contribution < -0.4 is 11.1 Å². The van der Waals surface area contributed by atoms with Crippen LogP contribution in [0.4, 0.5) is 5.82 Å². The highest BCUT2D eigenvalue weighted by Crippen LogP contribution is 2.26. The van der Waals surface area contributed by atoms with Gasteiger partial charge in [-0.25, -0.2) is 9.97 Å². The summed E-state index contributed by atoms with van der Waals surface area (Å²) in [6, 6.07) is 3.47. The molecule has 1 amide bonds. The van der Waals surface area contributed by atoms with E-state index in [1.54, 1.807) is 24.5 Å². The molecule has 3 aromatic heterocycles. The molecule has 8 nitrogen and oxygen atoms in total. The Bertz CT molecular complexity index is 984. The summed E-state index contributed by atoms with van der Waals surface area (Å²) >= 11 is 0. The maximum absolute atomic E-state index is 12.0. The van der Waals surface area contributed by atoms with Crippen molar-refractivity contribution >= 4 is 22.8 Å². The molecule has 154 valence electrons. The Hall–Kier alpha value is -3.00. The van der Waals surface area contributed by atoms with Crippen LogP contribution in [0.3, 0.4) is 0 Å². The number of imidazole rings is 1. The minimum Gasteiger partial charge on any atom is -0.382 e. The van der Waals surface area contributed by atoms with Crippen molar-refractivity contribution in [3.05, 3.63) is 47.2 Å². The van der Waals surface area contributed by atoms with Crippen LogP contribution in [0.1, 0.15) is 40.8 Å². The van der Waals surface area contributed by atoms with E-state index in [9.17, 15) is 4.79 Å². The molecule has 3 heterocycles. The summed E-state index contributed by atoms with van der Waals surface area (Å²) in [7, 11) is 0. The number of nitrogen functional groups attached to an aromatic ring is 1. The van der Waals surface area contributed by atoms with Crippen molar-refractivity contribution in [3.8, 4) is 0 Å². The average molecular weight is 396 g/mol. The van der Waals surface area contributed by atoms with E-state index in [0.29, 0.717) is 37.7 Å². The second kappa shape index (κ2) is 9.47. The number of nitrogens with one attached hydrogen (secondary N) is 1. The van der Waals surface area contributed by atoms with Gasteiger partial charge in [-0.2, -0.15) is 0 Å². The first-order valence-corrected chi connectivity index (χ1v) is 9.90. The molecular weight excluding hydrogens is 368 g/mol. The molecule has 0 aliphatic heterocycles. The van der Waals surface area contributed by atoms with Gasteiger partial charge in [-0.3, -0.25) is 9.78 Å². The van der Waals surface area contributed by atoms with Crippen LogP contribution in [0.15, 0.2) is 24.5 Å². The number of rotatable bonds is 9. The third kappa shape index (κ3) is 4.71. The molecule has 0 aromatic carbocycles. The number of ether oxygens (including phenoxy) is 1. The number of nitrogens with two attached hydrogens (primary N) is 1. The zero-order valence-electron chi connectivity index (χ0n) is 17.2. The van der Waals surface area contributed by atoms with Gasteiger partial charge >= 0.3 is 0 Å². The summed E-state index contributed by atoms with van der Waals surface area (Å²) in [4.78, 5) is 25.1. The van der Waals surface area contributed by atoms with Gasteiger partial charge in [0, 0.05) is 37.6 Å². The summed E-state index contributed by atoms with van der Waals surface area (Å²) in [5.74, 6) is 1.32. The molecule has 0 spiro atoms. The smallest absolute Gasteiger partial charge is 0.252 e. The van der Waals surface area contributed by atoms with Crippen molar-refractivity contribution in [2.45, 2.75) is 40.2 Å². The van der Waals surface area contributed by atoms with Crippen molar-refractivity contribution in [1.82, 2.24) is 24.8 Å². The lowest BCUT2D eigenvalue weighted by molar-refractivity contribution is 0.0908. The number of hydrogen-bond donors (Lipinski definition) is 2. The van der Waals surface area contributed by atoms with Gasteiger partial charge in [0.1, 0.15) is 11.3 Å². The molecule has 0 saturated heterocycles. The molecule has 0 unspecified atom stereocenters. The fraction of sp³-hybridized carbons (Fsp3) is 0.429. The molecule has 0 saturated carbocycles. The number of carbonyl (C=O) groups excluding carboxylic acids is 1. The van der Waals surface area contributed by atoms with Crippen LogP contribution in [-0.2, 0) is 17.7 Å². The monoisotopic (exact) mass is 396 g/mol. The number of fused-ring (bicyclic) bond motifs is 1. The first-order chi connectivity index (χ1) is 14.0. The number of hydrogen-bond acceptors (Lipinski definition) is 6. The number of aromatic nitrogens is 4. The molecule has 0 atom stereocenters. The van der Waals surface area contributed by atoms with Crippen molar-refractivity contribution in [2.75, 3.05) is 25.5 Å². The average Bonchev–Trinajstić information content (AvgIpc) is 3.08. The van der Waals surface area contributed by atoms with Crippen LogP contribution in [0.2, 0.25) is 0 Å². The lowest BCUT2D eigenvalue weighted by atomic mass is 10.2. The summed E-state index contributed by atoms with van der Waals surface area (Å²) in [6.45, 7) is 8.21. The first kappa shape index (κ1) is 20.7. The molecule has 0 bridgehead atoms. The van der Waals surface area contributed by atoms with E-state index in [4.69, 9.17) is 15.5 Å². The van der Waals surface area contributed by atoms with E-state index in [2.05, 4.69) is 26.8 Å². The zero-order chi connectivity index (χ0) is 20.8. The Morgan fingerprint density at radius 2 is 2.10 bits per heavy atom. The van der Waals surface area contributed by atoms with Crippen LogP contribution in [0.5, 0.6) is 0 Å². The van der Waals surface area contributed by atoms with Gasteiger partial charge in [0.15, 0.2) is 5.82 Å². The molecule has 0 radical (unpaired) electrons. The van der Waals surface area contributed by atoms with Gasteiger partial charge in [-0.05, 0) is 38.0 Å². The van der Waals surface area contributed by atoms with E-state index in [1.807, 2.05) is 13.8 Å². The van der Waals surface area contributed by atoms with Crippen LogP contribution in [-0.4, -0.2) is 45.2 Å². The lowest BCUT2D eigenvalue weighted by Crippen LogP contribution is -2.27. The van der Waals surface area contributed by atoms with Crippen LogP contribution in [0, 0.1) is 13.8 Å². The molecule has 29 heavy (non-hydrogen) atoms. The Balaban J connectivity index is 1.59. The number of anilines is 1. The summed E-state index contributed by atoms with van der Waals surface area (Å²) < 4.78 is 7.94. The Labute approximate surface area is 170 Å². The van der Waals surface area contributed by atoms with Crippen LogP contribution >= 0.6 is 0 Å². The highest BCUT2D eigenvalue weighted by Gasteiger charge is 2.17. The topological polar surface area (TPSA) is 108 Å². The van der Waals surface area contributed by atoms with E-state index < -0.39 is 0 Å². The number of nitrogens with zero attached hydrogens (tertiary/aromatic N) is 4. The molecule has 0 aliphatic rings. The third-order valence-electron chi connectivity index (χ3n) is 4.86. The number of carbonyl (C=O) groups is 1.